The highest BCUT2D eigenvalue weighted by Crippen LogP contribution is 2.22. The van der Waals surface area contributed by atoms with E-state index < -0.39 is 0 Å². The van der Waals surface area contributed by atoms with Gasteiger partial charge in [0.2, 0.25) is 5.91 Å². The molecular weight excluding hydrogens is 232 g/mol. The molecule has 0 unspecified atom stereocenters. The molecule has 0 spiro atoms. The summed E-state index contributed by atoms with van der Waals surface area (Å²) in [5.41, 5.74) is 0.835. The zero-order chi connectivity index (χ0) is 9.42. The molecule has 2 rings (SSSR count). The summed E-state index contributed by atoms with van der Waals surface area (Å²) in [6.07, 6.45) is 0. The van der Waals surface area contributed by atoms with Gasteiger partial charge in [-0.3, -0.25) is 4.79 Å². The number of benzene rings is 1. The van der Waals surface area contributed by atoms with Gasteiger partial charge in [-0.1, -0.05) is 18.2 Å². The molecule has 2 aromatic rings. The van der Waals surface area contributed by atoms with Gasteiger partial charge in [-0.25, -0.2) is 0 Å². The molecule has 0 saturated carbocycles. The second-order valence-electron chi connectivity index (χ2n) is 2.74. The van der Waals surface area contributed by atoms with Gasteiger partial charge in [0.05, 0.1) is 5.52 Å². The Morgan fingerprint density at radius 3 is 2.85 bits per heavy atom. The molecule has 0 aliphatic rings. The van der Waals surface area contributed by atoms with Crippen LogP contribution < -0.4 is 0 Å². The van der Waals surface area contributed by atoms with Crippen molar-refractivity contribution in [2.24, 2.45) is 0 Å². The summed E-state index contributed by atoms with van der Waals surface area (Å²) in [5, 5.41) is 5.03. The minimum Gasteiger partial charge on any atom is -0.273 e. The van der Waals surface area contributed by atoms with E-state index in [4.69, 9.17) is 0 Å². The molecule has 0 N–H and O–H groups in total. The molecule has 0 aliphatic carbocycles. The molecule has 13 heavy (non-hydrogen) atoms. The van der Waals surface area contributed by atoms with Gasteiger partial charge in [-0.15, -0.1) is 0 Å². The third-order valence-electron chi connectivity index (χ3n) is 1.84. The Kier molecular flexibility index (Phi) is 1.92. The average molecular weight is 239 g/mol. The highest BCUT2D eigenvalue weighted by molar-refractivity contribution is 9.10. The van der Waals surface area contributed by atoms with Crippen molar-refractivity contribution in [1.29, 1.82) is 0 Å². The summed E-state index contributed by atoms with van der Waals surface area (Å²) in [6.45, 7) is 1.49. The number of para-hydroxylation sites is 1. The number of nitrogens with zero attached hydrogens (tertiary/aromatic N) is 2. The number of rotatable bonds is 0. The average Bonchev–Trinajstić information content (AvgIpc) is 2.45. The Labute approximate surface area is 83.5 Å². The standard InChI is InChI=1S/C9H7BrN2O/c1-6(13)12-8-5-3-2-4-7(8)9(10)11-12/h2-5H,1H3. The molecule has 1 aromatic heterocycles. The van der Waals surface area contributed by atoms with Gasteiger partial charge in [0.25, 0.3) is 0 Å². The number of carbonyl (C=O) groups excluding carboxylic acids is 1. The molecule has 0 atom stereocenters. The third kappa shape index (κ3) is 1.27. The van der Waals surface area contributed by atoms with E-state index in [0.717, 1.165) is 10.9 Å². The fourth-order valence-corrected chi connectivity index (χ4v) is 1.76. The first-order valence-corrected chi connectivity index (χ1v) is 4.63. The third-order valence-corrected chi connectivity index (χ3v) is 2.43. The Bertz CT molecular complexity index is 475. The van der Waals surface area contributed by atoms with Gasteiger partial charge >= 0.3 is 0 Å². The number of hydrogen-bond acceptors (Lipinski definition) is 2. The Balaban J connectivity index is 2.85. The lowest BCUT2D eigenvalue weighted by atomic mass is 10.2. The monoisotopic (exact) mass is 238 g/mol. The topological polar surface area (TPSA) is 34.9 Å². The van der Waals surface area contributed by atoms with Crippen LogP contribution in [0, 0.1) is 0 Å². The summed E-state index contributed by atoms with van der Waals surface area (Å²) >= 11 is 3.30. The lowest BCUT2D eigenvalue weighted by Crippen LogP contribution is -2.06. The molecule has 0 bridgehead atoms. The van der Waals surface area contributed by atoms with Crippen LogP contribution in [0.5, 0.6) is 0 Å². The zero-order valence-corrected chi connectivity index (χ0v) is 8.58. The van der Waals surface area contributed by atoms with Crippen LogP contribution >= 0.6 is 15.9 Å². The van der Waals surface area contributed by atoms with Gasteiger partial charge < -0.3 is 0 Å². The SMILES string of the molecule is CC(=O)n1nc(Br)c2ccccc21. The van der Waals surface area contributed by atoms with E-state index in [1.807, 2.05) is 24.3 Å². The van der Waals surface area contributed by atoms with Crippen molar-refractivity contribution in [2.75, 3.05) is 0 Å². The Hall–Kier alpha value is -1.16. The first-order chi connectivity index (χ1) is 6.20. The predicted octanol–water partition coefficient (Wildman–Crippen LogP) is 2.46. The quantitative estimate of drug-likeness (QED) is 0.707. The first kappa shape index (κ1) is 8.44. The molecule has 0 amide bonds. The molecule has 1 heterocycles. The lowest BCUT2D eigenvalue weighted by Gasteiger charge is -1.94. The van der Waals surface area contributed by atoms with E-state index in [9.17, 15) is 4.79 Å². The molecule has 0 aliphatic heterocycles. The van der Waals surface area contributed by atoms with Crippen LogP contribution in [0.25, 0.3) is 10.9 Å². The minimum absolute atomic E-state index is 0.0816. The van der Waals surface area contributed by atoms with Crippen LogP contribution in [0.1, 0.15) is 11.7 Å². The largest absolute Gasteiger partial charge is 0.273 e. The van der Waals surface area contributed by atoms with E-state index in [0.29, 0.717) is 4.60 Å². The summed E-state index contributed by atoms with van der Waals surface area (Å²) in [5.74, 6) is -0.0816. The molecule has 1 aromatic carbocycles. The van der Waals surface area contributed by atoms with E-state index in [-0.39, 0.29) is 5.91 Å². The van der Waals surface area contributed by atoms with E-state index in [1.54, 1.807) is 0 Å². The van der Waals surface area contributed by atoms with E-state index in [2.05, 4.69) is 21.0 Å². The predicted molar refractivity (Wildman–Crippen MR) is 53.7 cm³/mol. The molecule has 66 valence electrons. The van der Waals surface area contributed by atoms with Crippen LogP contribution in [-0.4, -0.2) is 15.7 Å². The number of fused-ring (bicyclic) bond motifs is 1. The van der Waals surface area contributed by atoms with Crippen molar-refractivity contribution >= 4 is 32.7 Å². The second kappa shape index (κ2) is 2.96. The molecule has 3 nitrogen and oxygen atoms in total. The second-order valence-corrected chi connectivity index (χ2v) is 3.49. The molecular formula is C9H7BrN2O. The number of hydrogen-bond donors (Lipinski definition) is 0. The Morgan fingerprint density at radius 2 is 2.15 bits per heavy atom. The molecule has 0 radical (unpaired) electrons. The van der Waals surface area contributed by atoms with Crippen LogP contribution in [0.4, 0.5) is 0 Å². The van der Waals surface area contributed by atoms with Crippen LogP contribution in [0.3, 0.4) is 0 Å². The summed E-state index contributed by atoms with van der Waals surface area (Å²) in [6, 6.07) is 7.59. The molecule has 0 saturated heterocycles. The maximum absolute atomic E-state index is 11.2. The highest BCUT2D eigenvalue weighted by atomic mass is 79.9. The van der Waals surface area contributed by atoms with E-state index in [1.165, 1.54) is 11.6 Å². The smallest absolute Gasteiger partial charge is 0.244 e. The van der Waals surface area contributed by atoms with Crippen LogP contribution in [0.15, 0.2) is 28.9 Å². The van der Waals surface area contributed by atoms with E-state index >= 15 is 0 Å². The summed E-state index contributed by atoms with van der Waals surface area (Å²) < 4.78 is 2.10. The van der Waals surface area contributed by atoms with Crippen molar-refractivity contribution in [3.8, 4) is 0 Å². The lowest BCUT2D eigenvalue weighted by molar-refractivity contribution is 0.0926. The number of halogens is 1. The van der Waals surface area contributed by atoms with Gasteiger partial charge in [-0.05, 0) is 22.0 Å². The summed E-state index contributed by atoms with van der Waals surface area (Å²) in [7, 11) is 0. The highest BCUT2D eigenvalue weighted by Gasteiger charge is 2.09. The minimum atomic E-state index is -0.0816. The van der Waals surface area contributed by atoms with Crippen molar-refractivity contribution in [3.05, 3.63) is 28.9 Å². The van der Waals surface area contributed by atoms with Crippen LogP contribution in [-0.2, 0) is 0 Å². The molecule has 4 heteroatoms. The van der Waals surface area contributed by atoms with Crippen LogP contribution in [0.2, 0.25) is 0 Å². The number of carbonyl (C=O) groups is 1. The first-order valence-electron chi connectivity index (χ1n) is 3.84. The van der Waals surface area contributed by atoms with Crippen molar-refractivity contribution in [2.45, 2.75) is 6.92 Å². The number of aromatic nitrogens is 2. The van der Waals surface area contributed by atoms with Gasteiger partial charge in [-0.2, -0.15) is 9.78 Å². The van der Waals surface area contributed by atoms with Crippen molar-refractivity contribution < 1.29 is 4.79 Å². The normalized spacial score (nSPS) is 10.6. The maximum Gasteiger partial charge on any atom is 0.244 e. The Morgan fingerprint density at radius 1 is 1.46 bits per heavy atom. The van der Waals surface area contributed by atoms with Gasteiger partial charge in [0.15, 0.2) is 0 Å². The molecule has 0 fully saturated rings. The maximum atomic E-state index is 11.2. The fourth-order valence-electron chi connectivity index (χ4n) is 1.27. The summed E-state index contributed by atoms with van der Waals surface area (Å²) in [4.78, 5) is 11.2. The zero-order valence-electron chi connectivity index (χ0n) is 6.99. The fraction of sp³-hybridized carbons (Fsp3) is 0.111. The van der Waals surface area contributed by atoms with Gasteiger partial charge in [0.1, 0.15) is 4.60 Å². The van der Waals surface area contributed by atoms with Gasteiger partial charge in [0, 0.05) is 12.3 Å². The van der Waals surface area contributed by atoms with Crippen molar-refractivity contribution in [3.63, 3.8) is 0 Å². The van der Waals surface area contributed by atoms with Crippen molar-refractivity contribution in [1.82, 2.24) is 9.78 Å².